The van der Waals surface area contributed by atoms with Crippen LogP contribution in [-0.4, -0.2) is 56.8 Å². The second-order valence-corrected chi connectivity index (χ2v) is 21.6. The lowest BCUT2D eigenvalue weighted by molar-refractivity contribution is -0.832. The standard InChI is InChI=1S/C45H56N4O10S/c1-40(2)17-19-45(39(53)47-27-34(51)57-21-11-12-22-58-37-38(49(54)59-48-37)60(55,56)29-13-9-8-10-14-29)20-18-44(7)35(30(45)25-40)31(50)23-33-42(5)24-28(26-46)36(52)41(3,4)32(42)15-16-43(33,44)6/h8-10,13-14,23-24,30,32,35H,11-12,15-22,25,27H2,1-7H3,(H,47,53)/t30-,32-,35-,42-,43+,44+,45-/m0/s1. The number of ketones is 2. The molecule has 1 N–H and O–H groups in total. The van der Waals surface area contributed by atoms with Gasteiger partial charge >= 0.3 is 16.9 Å². The third-order valence-corrected chi connectivity index (χ3v) is 17.3. The Hall–Kier alpha value is -4.84. The molecule has 1 heterocycles. The third-order valence-electron chi connectivity index (χ3n) is 15.6. The van der Waals surface area contributed by atoms with Crippen LogP contribution in [0.4, 0.5) is 0 Å². The molecule has 60 heavy (non-hydrogen) atoms. The number of sulfone groups is 1. The molecule has 5 aliphatic carbocycles. The van der Waals surface area contributed by atoms with Crippen molar-refractivity contribution >= 4 is 33.3 Å². The van der Waals surface area contributed by atoms with Gasteiger partial charge in [-0.15, -0.1) is 0 Å². The van der Waals surface area contributed by atoms with Gasteiger partial charge < -0.3 is 20.0 Å². The van der Waals surface area contributed by atoms with E-state index in [0.717, 1.165) is 24.8 Å². The van der Waals surface area contributed by atoms with Gasteiger partial charge in [-0.3, -0.25) is 23.8 Å². The summed E-state index contributed by atoms with van der Waals surface area (Å²) in [6, 6.07) is 9.51. The molecule has 0 bridgehead atoms. The number of carbonyl (C=O) groups is 4. The van der Waals surface area contributed by atoms with Gasteiger partial charge in [0.05, 0.1) is 34.3 Å². The molecule has 0 aliphatic heterocycles. The summed E-state index contributed by atoms with van der Waals surface area (Å²) in [5, 5.41) is 27.8. The number of benzene rings is 1. The third kappa shape index (κ3) is 6.68. The second-order valence-electron chi connectivity index (χ2n) is 19.7. The van der Waals surface area contributed by atoms with Gasteiger partial charge in [-0.05, 0) is 109 Å². The van der Waals surface area contributed by atoms with E-state index in [1.807, 2.05) is 26.0 Å². The monoisotopic (exact) mass is 844 g/mol. The van der Waals surface area contributed by atoms with Crippen molar-refractivity contribution in [1.29, 1.82) is 5.26 Å². The fraction of sp³-hybridized carbons (Fsp3) is 0.622. The zero-order chi connectivity index (χ0) is 43.7. The first-order valence-electron chi connectivity index (χ1n) is 21.0. The molecule has 5 aliphatic rings. The molecule has 0 spiro atoms. The van der Waals surface area contributed by atoms with Crippen LogP contribution in [0.3, 0.4) is 0 Å². The molecular formula is C45H56N4O10S. The predicted octanol–water partition coefficient (Wildman–Crippen LogP) is 6.18. The van der Waals surface area contributed by atoms with Crippen LogP contribution >= 0.6 is 0 Å². The molecular weight excluding hydrogens is 789 g/mol. The molecule has 14 nitrogen and oxygen atoms in total. The van der Waals surface area contributed by atoms with Crippen molar-refractivity contribution in [2.75, 3.05) is 19.8 Å². The summed E-state index contributed by atoms with van der Waals surface area (Å²) in [4.78, 5) is 55.3. The van der Waals surface area contributed by atoms with Gasteiger partial charge in [0, 0.05) is 16.7 Å². The van der Waals surface area contributed by atoms with Crippen LogP contribution in [0.2, 0.25) is 0 Å². The molecule has 1 amide bonds. The van der Waals surface area contributed by atoms with Gasteiger partial charge in [0.25, 0.3) is 9.84 Å². The number of rotatable bonds is 11. The smallest absolute Gasteiger partial charge is 0.414 e. The lowest BCUT2D eigenvalue weighted by Crippen LogP contribution is -2.66. The number of aromatic nitrogens is 2. The van der Waals surface area contributed by atoms with Crippen molar-refractivity contribution in [1.82, 2.24) is 10.5 Å². The van der Waals surface area contributed by atoms with Crippen molar-refractivity contribution in [3.8, 4) is 11.9 Å². The normalized spacial score (nSPS) is 32.7. The van der Waals surface area contributed by atoms with E-state index in [2.05, 4.69) is 55.8 Å². The molecule has 322 valence electrons. The summed E-state index contributed by atoms with van der Waals surface area (Å²) in [5.41, 5.74) is -2.12. The number of allylic oxidation sites excluding steroid dienone is 4. The van der Waals surface area contributed by atoms with Crippen molar-refractivity contribution in [2.45, 2.75) is 116 Å². The van der Waals surface area contributed by atoms with Gasteiger partial charge in [-0.25, -0.2) is 8.42 Å². The minimum absolute atomic E-state index is 0.00115. The number of nitriles is 1. The minimum Gasteiger partial charge on any atom is -0.464 e. The number of nitrogens with zero attached hydrogens (tertiary/aromatic N) is 3. The number of fused-ring (bicyclic) bond motifs is 7. The number of ether oxygens (including phenoxy) is 2. The topological polar surface area (TPSA) is 210 Å². The molecule has 3 saturated carbocycles. The summed E-state index contributed by atoms with van der Waals surface area (Å²) >= 11 is 0. The molecule has 7 rings (SSSR count). The number of carbonyl (C=O) groups excluding carboxylic acids is 4. The Bertz CT molecular complexity index is 2330. The van der Waals surface area contributed by atoms with Gasteiger partial charge in [0.2, 0.25) is 5.91 Å². The Labute approximate surface area is 351 Å². The number of esters is 1. The van der Waals surface area contributed by atoms with E-state index in [1.165, 1.54) is 24.3 Å². The predicted molar refractivity (Wildman–Crippen MR) is 215 cm³/mol. The highest BCUT2D eigenvalue weighted by Gasteiger charge is 2.70. The van der Waals surface area contributed by atoms with E-state index in [4.69, 9.17) is 9.47 Å². The van der Waals surface area contributed by atoms with Crippen LogP contribution < -0.4 is 15.0 Å². The Morgan fingerprint density at radius 2 is 1.68 bits per heavy atom. The molecule has 0 radical (unpaired) electrons. The highest BCUT2D eigenvalue weighted by atomic mass is 32.2. The van der Waals surface area contributed by atoms with Crippen LogP contribution in [0.15, 0.2) is 68.2 Å². The Balaban J connectivity index is 1.01. The van der Waals surface area contributed by atoms with E-state index in [-0.39, 0.29) is 69.9 Å². The van der Waals surface area contributed by atoms with Crippen molar-refractivity contribution in [3.05, 3.63) is 58.8 Å². The number of hydrogen-bond donors (Lipinski definition) is 1. The highest BCUT2D eigenvalue weighted by Crippen LogP contribution is 2.74. The quantitative estimate of drug-likeness (QED) is 0.153. The van der Waals surface area contributed by atoms with E-state index in [0.29, 0.717) is 38.5 Å². The molecule has 15 heteroatoms. The summed E-state index contributed by atoms with van der Waals surface area (Å²) < 4.78 is 41.4. The average molecular weight is 845 g/mol. The molecule has 3 fully saturated rings. The Morgan fingerprint density at radius 1 is 1.00 bits per heavy atom. The van der Waals surface area contributed by atoms with Gasteiger partial charge in [0.1, 0.15) is 12.6 Å². The summed E-state index contributed by atoms with van der Waals surface area (Å²) in [6.07, 6.45) is 9.16. The van der Waals surface area contributed by atoms with Gasteiger partial charge in [0.15, 0.2) is 11.6 Å². The molecule has 1 aromatic heterocycles. The maximum Gasteiger partial charge on any atom is 0.414 e. The number of hydrogen-bond acceptors (Lipinski definition) is 12. The van der Waals surface area contributed by atoms with E-state index >= 15 is 0 Å². The maximum absolute atomic E-state index is 14.8. The van der Waals surface area contributed by atoms with Gasteiger partial charge in [-0.2, -0.15) is 5.26 Å². The van der Waals surface area contributed by atoms with Crippen molar-refractivity contribution < 1.29 is 46.6 Å². The van der Waals surface area contributed by atoms with E-state index in [1.54, 1.807) is 6.07 Å². The molecule has 1 aromatic carbocycles. The fourth-order valence-electron chi connectivity index (χ4n) is 12.2. The van der Waals surface area contributed by atoms with Crippen LogP contribution in [0.1, 0.15) is 106 Å². The van der Waals surface area contributed by atoms with Crippen molar-refractivity contribution in [3.63, 3.8) is 0 Å². The van der Waals surface area contributed by atoms with E-state index < -0.39 is 59.7 Å². The molecule has 0 unspecified atom stereocenters. The number of Topliss-reactive ketones (excluding diaryl/α,β-unsaturated/α-hetero) is 1. The first-order chi connectivity index (χ1) is 28.1. The maximum atomic E-state index is 14.8. The zero-order valence-corrected chi connectivity index (χ0v) is 36.4. The zero-order valence-electron chi connectivity index (χ0n) is 35.6. The largest absolute Gasteiger partial charge is 0.464 e. The minimum atomic E-state index is -4.26. The number of nitrogens with one attached hydrogen (secondary N) is 1. The highest BCUT2D eigenvalue weighted by molar-refractivity contribution is 7.91. The summed E-state index contributed by atoms with van der Waals surface area (Å²) in [6.45, 7) is 14.5. The van der Waals surface area contributed by atoms with Crippen LogP contribution in [-0.2, 0) is 33.8 Å². The fourth-order valence-corrected chi connectivity index (χ4v) is 13.5. The van der Waals surface area contributed by atoms with Crippen LogP contribution in [0.5, 0.6) is 5.88 Å². The number of unbranched alkanes of at least 4 members (excludes halogenated alkanes) is 1. The van der Waals surface area contributed by atoms with E-state index in [9.17, 15) is 38.1 Å². The first kappa shape index (κ1) is 43.3. The Kier molecular flexibility index (Phi) is 10.8. The summed E-state index contributed by atoms with van der Waals surface area (Å²) in [5.74, 6) is -2.23. The lowest BCUT2D eigenvalue weighted by Gasteiger charge is -2.69. The van der Waals surface area contributed by atoms with Crippen LogP contribution in [0, 0.1) is 66.8 Å². The SMILES string of the molecule is CC1(C)CC[C@]2(C(=O)NCC(=O)OCCCCOc3no[n+]([O-])c3S(=O)(=O)c3ccccc3)CC[C@]3(C)[C@H](C(=O)C=C4[C@@]5(C)C=C(C#N)C(=O)C(C)(C)[C@@H]5CC[C@]43C)[C@@H]2C1. The number of amides is 1. The molecule has 2 aromatic rings. The second kappa shape index (κ2) is 15.0. The molecule has 7 atom stereocenters. The Morgan fingerprint density at radius 3 is 2.38 bits per heavy atom. The molecule has 0 saturated heterocycles. The van der Waals surface area contributed by atoms with Crippen molar-refractivity contribution in [2.24, 2.45) is 50.2 Å². The average Bonchev–Trinajstić information content (AvgIpc) is 3.58. The van der Waals surface area contributed by atoms with Gasteiger partial charge in [-0.1, -0.05) is 78.3 Å². The summed E-state index contributed by atoms with van der Waals surface area (Å²) in [7, 11) is -4.26. The lowest BCUT2D eigenvalue weighted by atomic mass is 9.34. The first-order valence-corrected chi connectivity index (χ1v) is 22.5. The van der Waals surface area contributed by atoms with Crippen LogP contribution in [0.25, 0.3) is 0 Å².